The summed E-state index contributed by atoms with van der Waals surface area (Å²) in [6, 6.07) is 0. The van der Waals surface area contributed by atoms with Gasteiger partial charge in [-0.25, -0.2) is 4.57 Å². The van der Waals surface area contributed by atoms with Crippen LogP contribution in [0.5, 0.6) is 0 Å². The molecule has 3 unspecified atom stereocenters. The van der Waals surface area contributed by atoms with Crippen LogP contribution in [0.3, 0.4) is 0 Å². The second-order valence-corrected chi connectivity index (χ2v) is 17.2. The zero-order chi connectivity index (χ0) is 44.8. The Morgan fingerprint density at radius 3 is 1.36 bits per heavy atom. The van der Waals surface area contributed by atoms with Gasteiger partial charge in [-0.05, 0) is 83.5 Å². The standard InChI is InChI=1S/C50H87O10P/c1-3-5-7-9-11-13-15-17-19-21-22-23-24-26-27-29-31-33-35-37-39-41-49(53)57-45-48(46-59-61(55,56)58-44-47(52)43-51)60-50(54)42-40-38-36-34-32-30-28-25-20-18-16-14-12-10-8-6-4-2/h6,8,12,14-15,17-18,20-22,28,30,47-48,51-52H,3-5,7,9-11,13,16,19,23-27,29,31-46H2,1-2H3,(H,55,56)/b8-6-,14-12-,17-15-,20-18-,22-21-,30-28-. The average molecular weight is 879 g/mol. The minimum atomic E-state index is -4.63. The van der Waals surface area contributed by atoms with Gasteiger partial charge in [-0.3, -0.25) is 18.6 Å². The number of carbonyl (C=O) groups is 2. The lowest BCUT2D eigenvalue weighted by atomic mass is 10.1. The first-order chi connectivity index (χ1) is 29.7. The Morgan fingerprint density at radius 2 is 0.902 bits per heavy atom. The van der Waals surface area contributed by atoms with Gasteiger partial charge in [-0.2, -0.15) is 0 Å². The van der Waals surface area contributed by atoms with Gasteiger partial charge in [0.25, 0.3) is 0 Å². The molecule has 10 nitrogen and oxygen atoms in total. The lowest BCUT2D eigenvalue weighted by Gasteiger charge is -2.20. The molecule has 0 spiro atoms. The van der Waals surface area contributed by atoms with Crippen LogP contribution in [0.1, 0.15) is 194 Å². The molecule has 0 aliphatic rings. The molecular formula is C50H87O10P. The van der Waals surface area contributed by atoms with Crippen LogP contribution in [0.25, 0.3) is 0 Å². The Labute approximate surface area is 371 Å². The van der Waals surface area contributed by atoms with E-state index >= 15 is 0 Å². The normalized spacial score (nSPS) is 14.4. The molecule has 11 heteroatoms. The van der Waals surface area contributed by atoms with Crippen LogP contribution in [-0.4, -0.2) is 65.7 Å². The van der Waals surface area contributed by atoms with Crippen LogP contribution < -0.4 is 0 Å². The van der Waals surface area contributed by atoms with Gasteiger partial charge in [0.15, 0.2) is 6.10 Å². The number of hydrogen-bond acceptors (Lipinski definition) is 9. The molecule has 3 N–H and O–H groups in total. The summed E-state index contributed by atoms with van der Waals surface area (Å²) in [4.78, 5) is 35.1. The first-order valence-electron chi connectivity index (χ1n) is 23.9. The summed E-state index contributed by atoms with van der Waals surface area (Å²) in [5.41, 5.74) is 0. The van der Waals surface area contributed by atoms with Gasteiger partial charge in [0.1, 0.15) is 12.7 Å². The summed E-state index contributed by atoms with van der Waals surface area (Å²) in [5.74, 6) is -0.960. The molecular weight excluding hydrogens is 792 g/mol. The van der Waals surface area contributed by atoms with Crippen molar-refractivity contribution in [3.8, 4) is 0 Å². The number of rotatable bonds is 44. The predicted molar refractivity (Wildman–Crippen MR) is 251 cm³/mol. The maximum Gasteiger partial charge on any atom is 0.472 e. The average Bonchev–Trinajstić information content (AvgIpc) is 3.25. The van der Waals surface area contributed by atoms with Crippen LogP contribution in [0.2, 0.25) is 0 Å². The largest absolute Gasteiger partial charge is 0.472 e. The predicted octanol–water partition coefficient (Wildman–Crippen LogP) is 13.2. The SMILES string of the molecule is CC/C=C\C/C=C\C/C=C\C/C=C\CCCCCCC(=O)OC(COC(=O)CCCCCCCCCCC/C=C\C/C=C\CCCCCCC)COP(=O)(O)OCC(O)CO. The number of allylic oxidation sites excluding steroid dienone is 12. The molecule has 0 saturated carbocycles. The Morgan fingerprint density at radius 1 is 0.508 bits per heavy atom. The second kappa shape index (κ2) is 45.4. The molecule has 0 aromatic rings. The molecule has 0 amide bonds. The highest BCUT2D eigenvalue weighted by Crippen LogP contribution is 2.43. The molecule has 0 rings (SSSR count). The fourth-order valence-electron chi connectivity index (χ4n) is 6.19. The van der Waals surface area contributed by atoms with E-state index in [-0.39, 0.29) is 19.4 Å². The van der Waals surface area contributed by atoms with Gasteiger partial charge >= 0.3 is 19.8 Å². The van der Waals surface area contributed by atoms with E-state index in [4.69, 9.17) is 23.6 Å². The number of phosphoric ester groups is 1. The molecule has 0 bridgehead atoms. The van der Waals surface area contributed by atoms with Crippen molar-refractivity contribution in [3.05, 3.63) is 72.9 Å². The Bertz CT molecular complexity index is 1240. The van der Waals surface area contributed by atoms with Crippen LogP contribution in [0, 0.1) is 0 Å². The van der Waals surface area contributed by atoms with Crippen LogP contribution in [0.4, 0.5) is 0 Å². The minimum Gasteiger partial charge on any atom is -0.462 e. The molecule has 0 aromatic heterocycles. The number of aliphatic hydroxyl groups is 2. The quantitative estimate of drug-likeness (QED) is 0.0234. The minimum absolute atomic E-state index is 0.152. The van der Waals surface area contributed by atoms with Gasteiger partial charge in [-0.15, -0.1) is 0 Å². The van der Waals surface area contributed by atoms with Crippen LogP contribution in [0.15, 0.2) is 72.9 Å². The van der Waals surface area contributed by atoms with Gasteiger partial charge in [0.2, 0.25) is 0 Å². The third-order valence-electron chi connectivity index (χ3n) is 9.84. The third-order valence-corrected chi connectivity index (χ3v) is 10.8. The molecule has 3 atom stereocenters. The van der Waals surface area contributed by atoms with Crippen molar-refractivity contribution in [2.75, 3.05) is 26.4 Å². The molecule has 0 aromatic carbocycles. The van der Waals surface area contributed by atoms with Crippen molar-refractivity contribution in [1.29, 1.82) is 0 Å². The summed E-state index contributed by atoms with van der Waals surface area (Å²) in [6.45, 7) is 2.23. The van der Waals surface area contributed by atoms with E-state index in [0.717, 1.165) is 83.5 Å². The van der Waals surface area contributed by atoms with Crippen molar-refractivity contribution in [3.63, 3.8) is 0 Å². The Hall–Kier alpha value is -2.59. The van der Waals surface area contributed by atoms with E-state index in [1.807, 2.05) is 0 Å². The molecule has 0 aliphatic carbocycles. The summed E-state index contributed by atoms with van der Waals surface area (Å²) in [7, 11) is -4.63. The van der Waals surface area contributed by atoms with Crippen LogP contribution >= 0.6 is 7.82 Å². The number of esters is 2. The van der Waals surface area contributed by atoms with E-state index in [2.05, 4.69) is 86.8 Å². The highest BCUT2D eigenvalue weighted by molar-refractivity contribution is 7.47. The van der Waals surface area contributed by atoms with E-state index in [9.17, 15) is 24.2 Å². The van der Waals surface area contributed by atoms with E-state index in [1.54, 1.807) is 0 Å². The lowest BCUT2D eigenvalue weighted by Crippen LogP contribution is -2.29. The number of carbonyl (C=O) groups excluding carboxylic acids is 2. The third kappa shape index (κ3) is 45.3. The molecule has 0 heterocycles. The molecule has 352 valence electrons. The van der Waals surface area contributed by atoms with Gasteiger partial charge in [0.05, 0.1) is 19.8 Å². The summed E-state index contributed by atoms with van der Waals surface area (Å²) >= 11 is 0. The van der Waals surface area contributed by atoms with E-state index in [0.29, 0.717) is 12.8 Å². The maximum atomic E-state index is 12.6. The molecule has 0 aliphatic heterocycles. The summed E-state index contributed by atoms with van der Waals surface area (Å²) < 4.78 is 32.8. The first-order valence-corrected chi connectivity index (χ1v) is 25.4. The zero-order valence-corrected chi connectivity index (χ0v) is 39.3. The summed E-state index contributed by atoms with van der Waals surface area (Å²) in [5, 5.41) is 18.4. The number of ether oxygens (including phenoxy) is 2. The molecule has 0 fully saturated rings. The fraction of sp³-hybridized carbons (Fsp3) is 0.720. The smallest absolute Gasteiger partial charge is 0.462 e. The lowest BCUT2D eigenvalue weighted by molar-refractivity contribution is -0.161. The summed E-state index contributed by atoms with van der Waals surface area (Å²) in [6.07, 6.45) is 52.9. The van der Waals surface area contributed by atoms with E-state index in [1.165, 1.54) is 70.6 Å². The number of phosphoric acid groups is 1. The van der Waals surface area contributed by atoms with Crippen molar-refractivity contribution in [1.82, 2.24) is 0 Å². The van der Waals surface area contributed by atoms with Crippen molar-refractivity contribution in [2.24, 2.45) is 0 Å². The van der Waals surface area contributed by atoms with Crippen molar-refractivity contribution >= 4 is 19.8 Å². The number of unbranched alkanes of at least 4 members (excludes halogenated alkanes) is 18. The fourth-order valence-corrected chi connectivity index (χ4v) is 6.98. The Balaban J connectivity index is 4.27. The molecule has 0 radical (unpaired) electrons. The van der Waals surface area contributed by atoms with Crippen LogP contribution in [-0.2, 0) is 32.7 Å². The first kappa shape index (κ1) is 58.4. The van der Waals surface area contributed by atoms with Crippen molar-refractivity contribution in [2.45, 2.75) is 206 Å². The van der Waals surface area contributed by atoms with Crippen molar-refractivity contribution < 1.29 is 47.8 Å². The molecule has 0 saturated heterocycles. The number of aliphatic hydroxyl groups excluding tert-OH is 2. The highest BCUT2D eigenvalue weighted by atomic mass is 31.2. The van der Waals surface area contributed by atoms with E-state index < -0.39 is 51.8 Å². The molecule has 61 heavy (non-hydrogen) atoms. The zero-order valence-electron chi connectivity index (χ0n) is 38.4. The monoisotopic (exact) mass is 879 g/mol. The second-order valence-electron chi connectivity index (χ2n) is 15.7. The topological polar surface area (TPSA) is 149 Å². The number of hydrogen-bond donors (Lipinski definition) is 3. The highest BCUT2D eigenvalue weighted by Gasteiger charge is 2.27. The van der Waals surface area contributed by atoms with Gasteiger partial charge < -0.3 is 24.6 Å². The Kier molecular flexibility index (Phi) is 43.5. The van der Waals surface area contributed by atoms with Gasteiger partial charge in [0, 0.05) is 12.8 Å². The maximum absolute atomic E-state index is 12.6. The van der Waals surface area contributed by atoms with Gasteiger partial charge in [-0.1, -0.05) is 170 Å².